The van der Waals surface area contributed by atoms with Gasteiger partial charge in [0, 0.05) is 25.8 Å². The third kappa shape index (κ3) is 6.10. The van der Waals surface area contributed by atoms with Gasteiger partial charge in [0.25, 0.3) is 15.9 Å². The van der Waals surface area contributed by atoms with Crippen molar-refractivity contribution in [3.63, 3.8) is 0 Å². The molecule has 188 valence electrons. The average Bonchev–Trinajstić information content (AvgIpc) is 3.09. The van der Waals surface area contributed by atoms with Crippen molar-refractivity contribution in [3.8, 4) is 11.3 Å². The molecule has 35 heavy (non-hydrogen) atoms. The van der Waals surface area contributed by atoms with Crippen LogP contribution in [0.5, 0.6) is 0 Å². The van der Waals surface area contributed by atoms with Gasteiger partial charge in [0.05, 0.1) is 11.5 Å². The van der Waals surface area contributed by atoms with Crippen LogP contribution < -0.4 is 10.0 Å². The summed E-state index contributed by atoms with van der Waals surface area (Å²) in [7, 11) is -0.733. The topological polar surface area (TPSA) is 102 Å². The number of sulfonamides is 1. The van der Waals surface area contributed by atoms with Crippen LogP contribution in [0.2, 0.25) is 0 Å². The van der Waals surface area contributed by atoms with Crippen LogP contribution in [0, 0.1) is 12.3 Å². The predicted molar refractivity (Wildman–Crippen MR) is 138 cm³/mol. The number of methoxy groups -OCH3 is 1. The van der Waals surface area contributed by atoms with Crippen LogP contribution in [-0.2, 0) is 28.4 Å². The number of aryl methyl sites for hydroxylation is 2. The van der Waals surface area contributed by atoms with Crippen LogP contribution in [0.1, 0.15) is 49.3 Å². The molecule has 2 N–H and O–H groups in total. The molecule has 3 aromatic rings. The normalized spacial score (nSPS) is 12.9. The zero-order valence-electron chi connectivity index (χ0n) is 21.3. The van der Waals surface area contributed by atoms with Crippen LogP contribution >= 0.6 is 0 Å². The van der Waals surface area contributed by atoms with E-state index in [1.165, 1.54) is 16.8 Å². The number of aromatic nitrogens is 2. The maximum Gasteiger partial charge on any atom is 0.271 e. The highest BCUT2D eigenvalue weighted by Gasteiger charge is 2.30. The number of nitrogens with one attached hydrogen (secondary N) is 2. The molecule has 0 aliphatic carbocycles. The van der Waals surface area contributed by atoms with Gasteiger partial charge in [-0.1, -0.05) is 62.7 Å². The highest BCUT2D eigenvalue weighted by Crippen LogP contribution is 2.33. The van der Waals surface area contributed by atoms with E-state index < -0.39 is 15.9 Å². The molecule has 0 aliphatic heterocycles. The van der Waals surface area contributed by atoms with E-state index in [2.05, 4.69) is 15.1 Å². The van der Waals surface area contributed by atoms with Crippen LogP contribution in [0.3, 0.4) is 0 Å². The summed E-state index contributed by atoms with van der Waals surface area (Å²) in [5, 5.41) is 7.53. The largest absolute Gasteiger partial charge is 0.380 e. The molecule has 1 heterocycles. The van der Waals surface area contributed by atoms with Crippen molar-refractivity contribution in [2.75, 3.05) is 11.8 Å². The summed E-state index contributed by atoms with van der Waals surface area (Å²) < 4.78 is 35.8. The Morgan fingerprint density at radius 3 is 2.23 bits per heavy atom. The van der Waals surface area contributed by atoms with Gasteiger partial charge < -0.3 is 10.1 Å². The Morgan fingerprint density at radius 1 is 1.09 bits per heavy atom. The van der Waals surface area contributed by atoms with Crippen molar-refractivity contribution < 1.29 is 17.9 Å². The van der Waals surface area contributed by atoms with E-state index in [-0.39, 0.29) is 27.7 Å². The van der Waals surface area contributed by atoms with Gasteiger partial charge in [-0.3, -0.25) is 14.2 Å². The first-order valence-electron chi connectivity index (χ1n) is 11.4. The number of ether oxygens (including phenoxy) is 1. The summed E-state index contributed by atoms with van der Waals surface area (Å²) in [5.41, 5.74) is 3.02. The Hall–Kier alpha value is -3.17. The molecule has 0 radical (unpaired) electrons. The van der Waals surface area contributed by atoms with Crippen LogP contribution in [0.15, 0.2) is 53.4 Å². The van der Waals surface area contributed by atoms with E-state index in [0.29, 0.717) is 17.9 Å². The molecule has 1 amide bonds. The lowest BCUT2D eigenvalue weighted by molar-refractivity contribution is 0.0901. The molecule has 2 aromatic carbocycles. The maximum absolute atomic E-state index is 13.4. The Bertz CT molecular complexity index is 1290. The highest BCUT2D eigenvalue weighted by atomic mass is 32.2. The quantitative estimate of drug-likeness (QED) is 0.476. The first-order valence-corrected chi connectivity index (χ1v) is 12.9. The molecular formula is C26H34N4O4S. The van der Waals surface area contributed by atoms with Crippen molar-refractivity contribution >= 4 is 21.6 Å². The minimum absolute atomic E-state index is 0.0998. The molecule has 0 saturated heterocycles. The summed E-state index contributed by atoms with van der Waals surface area (Å²) in [6, 6.07) is 13.8. The van der Waals surface area contributed by atoms with E-state index in [1.54, 1.807) is 26.3 Å². The Balaban J connectivity index is 2.11. The summed E-state index contributed by atoms with van der Waals surface area (Å²) in [5.74, 6) is -0.411. The molecule has 1 atom stereocenters. The Morgan fingerprint density at radius 2 is 1.69 bits per heavy atom. The number of anilines is 1. The Kier molecular flexibility index (Phi) is 7.71. The number of carbonyl (C=O) groups is 1. The lowest BCUT2D eigenvalue weighted by Crippen LogP contribution is -2.42. The van der Waals surface area contributed by atoms with Gasteiger partial charge in [0.1, 0.15) is 11.4 Å². The number of hydrogen-bond acceptors (Lipinski definition) is 5. The van der Waals surface area contributed by atoms with Gasteiger partial charge >= 0.3 is 0 Å². The van der Waals surface area contributed by atoms with E-state index >= 15 is 0 Å². The number of carbonyl (C=O) groups excluding carboxylic acids is 1. The highest BCUT2D eigenvalue weighted by molar-refractivity contribution is 7.92. The van der Waals surface area contributed by atoms with Crippen LogP contribution in [-0.4, -0.2) is 37.3 Å². The van der Waals surface area contributed by atoms with Gasteiger partial charge in [0.2, 0.25) is 0 Å². The summed E-state index contributed by atoms with van der Waals surface area (Å²) in [6.07, 6.45) is 0. The molecule has 0 fully saturated rings. The maximum atomic E-state index is 13.4. The molecule has 8 nitrogen and oxygen atoms in total. The second kappa shape index (κ2) is 10.2. The van der Waals surface area contributed by atoms with Crippen molar-refractivity contribution in [3.05, 3.63) is 65.4 Å². The lowest BCUT2D eigenvalue weighted by atomic mass is 9.88. The summed E-state index contributed by atoms with van der Waals surface area (Å²) in [4.78, 5) is 13.5. The van der Waals surface area contributed by atoms with Gasteiger partial charge in [-0.25, -0.2) is 8.42 Å². The molecule has 0 saturated carbocycles. The number of rotatable bonds is 8. The first kappa shape index (κ1) is 26.4. The lowest BCUT2D eigenvalue weighted by Gasteiger charge is -2.28. The molecule has 9 heteroatoms. The summed E-state index contributed by atoms with van der Waals surface area (Å²) >= 11 is 0. The van der Waals surface area contributed by atoms with Gasteiger partial charge in [-0.15, -0.1) is 0 Å². The van der Waals surface area contributed by atoms with Crippen molar-refractivity contribution in [2.45, 2.75) is 52.2 Å². The third-order valence-corrected chi connectivity index (χ3v) is 7.38. The molecule has 0 spiro atoms. The molecule has 1 aromatic heterocycles. The SMILES string of the molecule is COCc1ccc(-c2nn(C)c(C(=O)N[C@@H](C)C(C)(C)C)c2NS(=O)(=O)c2ccc(C)cc2)cc1. The molecular weight excluding hydrogens is 464 g/mol. The predicted octanol–water partition coefficient (Wildman–Crippen LogP) is 4.51. The number of nitrogens with zero attached hydrogens (tertiary/aromatic N) is 2. The van der Waals surface area contributed by atoms with Gasteiger partial charge in [-0.05, 0) is 37.0 Å². The minimum Gasteiger partial charge on any atom is -0.380 e. The van der Waals surface area contributed by atoms with Gasteiger partial charge in [0.15, 0.2) is 5.69 Å². The van der Waals surface area contributed by atoms with Crippen molar-refractivity contribution in [1.29, 1.82) is 0 Å². The second-order valence-electron chi connectivity index (χ2n) is 9.81. The first-order chi connectivity index (χ1) is 16.3. The third-order valence-electron chi connectivity index (χ3n) is 6.02. The van der Waals surface area contributed by atoms with E-state index in [9.17, 15) is 13.2 Å². The van der Waals surface area contributed by atoms with Crippen LogP contribution in [0.4, 0.5) is 5.69 Å². The molecule has 0 bridgehead atoms. The fourth-order valence-electron chi connectivity index (χ4n) is 3.40. The van der Waals surface area contributed by atoms with Crippen LogP contribution in [0.25, 0.3) is 11.3 Å². The molecule has 0 unspecified atom stereocenters. The molecule has 0 aliphatic rings. The zero-order chi connectivity index (χ0) is 26.0. The van der Waals surface area contributed by atoms with Crippen molar-refractivity contribution in [2.24, 2.45) is 12.5 Å². The molecule has 3 rings (SSSR count). The number of benzene rings is 2. The van der Waals surface area contributed by atoms with E-state index in [0.717, 1.165) is 11.1 Å². The van der Waals surface area contributed by atoms with E-state index in [4.69, 9.17) is 4.74 Å². The monoisotopic (exact) mass is 498 g/mol. The zero-order valence-corrected chi connectivity index (χ0v) is 22.2. The fraction of sp³-hybridized carbons (Fsp3) is 0.385. The number of hydrogen-bond donors (Lipinski definition) is 2. The fourth-order valence-corrected chi connectivity index (χ4v) is 4.48. The van der Waals surface area contributed by atoms with Gasteiger partial charge in [-0.2, -0.15) is 5.10 Å². The average molecular weight is 499 g/mol. The summed E-state index contributed by atoms with van der Waals surface area (Å²) in [6.45, 7) is 10.3. The Labute approximate surface area is 207 Å². The standard InChI is InChI=1S/C26H34N4O4S/c1-17-8-14-21(15-9-17)35(32,33)29-23-22(20-12-10-19(11-13-20)16-34-7)28-30(6)24(23)25(31)27-18(2)26(3,4)5/h8-15,18,29H,16H2,1-7H3,(H,27,31)/t18-/m0/s1. The smallest absolute Gasteiger partial charge is 0.271 e. The van der Waals surface area contributed by atoms with E-state index in [1.807, 2.05) is 58.9 Å². The second-order valence-corrected chi connectivity index (χ2v) is 11.5. The van der Waals surface area contributed by atoms with Crippen molar-refractivity contribution in [1.82, 2.24) is 15.1 Å². The minimum atomic E-state index is -3.98. The number of amides is 1.